The Morgan fingerprint density at radius 1 is 1.39 bits per heavy atom. The summed E-state index contributed by atoms with van der Waals surface area (Å²) in [6, 6.07) is 2.74. The molecule has 0 aliphatic heterocycles. The van der Waals surface area contributed by atoms with E-state index in [0.29, 0.717) is 0 Å². The number of anilines is 1. The molecule has 0 aromatic carbocycles. The van der Waals surface area contributed by atoms with Crippen LogP contribution in [0.25, 0.3) is 0 Å². The van der Waals surface area contributed by atoms with E-state index >= 15 is 0 Å². The van der Waals surface area contributed by atoms with Crippen molar-refractivity contribution in [2.45, 2.75) is 25.9 Å². The Hall–Kier alpha value is -2.23. The van der Waals surface area contributed by atoms with Gasteiger partial charge in [-0.05, 0) is 12.1 Å². The minimum atomic E-state index is -4.52. The van der Waals surface area contributed by atoms with Crippen molar-refractivity contribution in [2.75, 3.05) is 11.9 Å². The summed E-state index contributed by atoms with van der Waals surface area (Å²) in [5.74, 6) is -0.903. The van der Waals surface area contributed by atoms with Gasteiger partial charge in [-0.2, -0.15) is 13.2 Å². The summed E-state index contributed by atoms with van der Waals surface area (Å²) >= 11 is 1.19. The van der Waals surface area contributed by atoms with Gasteiger partial charge in [0, 0.05) is 12.1 Å². The lowest BCUT2D eigenvalue weighted by atomic mass is 10.2. The predicted molar refractivity (Wildman–Crippen MR) is 77.7 cm³/mol. The number of ether oxygens (including phenoxy) is 1. The van der Waals surface area contributed by atoms with Crippen LogP contribution in [-0.4, -0.2) is 33.9 Å². The van der Waals surface area contributed by atoms with E-state index in [-0.39, 0.29) is 16.6 Å². The van der Waals surface area contributed by atoms with Crippen molar-refractivity contribution in [3.8, 4) is 5.88 Å². The van der Waals surface area contributed by atoms with Crippen molar-refractivity contribution in [3.63, 3.8) is 0 Å². The number of halogens is 3. The molecule has 2 aromatic heterocycles. The van der Waals surface area contributed by atoms with Crippen molar-refractivity contribution in [3.05, 3.63) is 28.9 Å². The molecule has 0 aliphatic rings. The second-order valence-electron chi connectivity index (χ2n) is 4.81. The second kappa shape index (κ2) is 6.90. The monoisotopic (exact) mass is 346 g/mol. The van der Waals surface area contributed by atoms with Gasteiger partial charge < -0.3 is 4.74 Å². The number of nitrogens with one attached hydrogen (secondary N) is 1. The van der Waals surface area contributed by atoms with Crippen molar-refractivity contribution in [1.82, 2.24) is 15.2 Å². The van der Waals surface area contributed by atoms with Gasteiger partial charge in [-0.3, -0.25) is 10.1 Å². The van der Waals surface area contributed by atoms with E-state index in [0.717, 1.165) is 5.01 Å². The number of hydrogen-bond acceptors (Lipinski definition) is 6. The van der Waals surface area contributed by atoms with Crippen LogP contribution >= 0.6 is 11.3 Å². The molecule has 2 rings (SSSR count). The number of carbonyl (C=O) groups excluding carboxylic acids is 1. The first kappa shape index (κ1) is 17.1. The molecule has 0 saturated carbocycles. The molecule has 0 bridgehead atoms. The van der Waals surface area contributed by atoms with Crippen molar-refractivity contribution in [1.29, 1.82) is 0 Å². The van der Waals surface area contributed by atoms with Crippen LogP contribution in [0.15, 0.2) is 18.3 Å². The average Bonchev–Trinajstić information content (AvgIpc) is 2.93. The third-order valence-corrected chi connectivity index (χ3v) is 3.68. The summed E-state index contributed by atoms with van der Waals surface area (Å²) in [6.07, 6.45) is -3.28. The van der Waals surface area contributed by atoms with Gasteiger partial charge in [0.15, 0.2) is 6.61 Å². The highest BCUT2D eigenvalue weighted by Gasteiger charge is 2.29. The van der Waals surface area contributed by atoms with E-state index in [2.05, 4.69) is 25.2 Å². The third kappa shape index (κ3) is 4.88. The number of aromatic nitrogens is 3. The number of nitrogens with zero attached hydrogens (tertiary/aromatic N) is 3. The summed E-state index contributed by atoms with van der Waals surface area (Å²) in [6.45, 7) is 2.33. The van der Waals surface area contributed by atoms with Gasteiger partial charge in [0.25, 0.3) is 5.91 Å². The van der Waals surface area contributed by atoms with Crippen LogP contribution in [0, 0.1) is 0 Å². The maximum Gasteiger partial charge on any atom is 0.422 e. The zero-order valence-electron chi connectivity index (χ0n) is 12.2. The van der Waals surface area contributed by atoms with Crippen molar-refractivity contribution < 1.29 is 22.7 Å². The molecule has 1 amide bonds. The Kier molecular flexibility index (Phi) is 5.14. The van der Waals surface area contributed by atoms with E-state index < -0.39 is 24.6 Å². The van der Waals surface area contributed by atoms with E-state index in [9.17, 15) is 18.0 Å². The lowest BCUT2D eigenvalue weighted by Crippen LogP contribution is -2.21. The molecule has 0 atom stereocenters. The van der Waals surface area contributed by atoms with E-state index in [4.69, 9.17) is 0 Å². The molecule has 2 aromatic rings. The molecule has 2 heterocycles. The van der Waals surface area contributed by atoms with Crippen molar-refractivity contribution >= 4 is 22.4 Å². The molecular formula is C13H13F3N4O2S. The van der Waals surface area contributed by atoms with Crippen LogP contribution in [0.2, 0.25) is 0 Å². The van der Waals surface area contributed by atoms with Gasteiger partial charge in [0.2, 0.25) is 11.0 Å². The van der Waals surface area contributed by atoms with Gasteiger partial charge >= 0.3 is 6.18 Å². The largest absolute Gasteiger partial charge is 0.467 e. The summed E-state index contributed by atoms with van der Waals surface area (Å²) in [5, 5.41) is 11.2. The van der Waals surface area contributed by atoms with Crippen LogP contribution in [0.5, 0.6) is 5.88 Å². The van der Waals surface area contributed by atoms with Crippen LogP contribution in [0.3, 0.4) is 0 Å². The topological polar surface area (TPSA) is 77.0 Å². The fraction of sp³-hybridized carbons (Fsp3) is 0.385. The summed E-state index contributed by atoms with van der Waals surface area (Å²) in [7, 11) is 0. The second-order valence-corrected chi connectivity index (χ2v) is 5.82. The Balaban J connectivity index is 2.12. The molecule has 0 spiro atoms. The van der Waals surface area contributed by atoms with E-state index in [1.165, 1.54) is 29.7 Å². The number of amides is 1. The molecule has 0 radical (unpaired) electrons. The first-order valence-corrected chi connectivity index (χ1v) is 7.37. The fourth-order valence-electron chi connectivity index (χ4n) is 1.51. The minimum absolute atomic E-state index is 0.113. The summed E-state index contributed by atoms with van der Waals surface area (Å²) < 4.78 is 41.3. The number of rotatable bonds is 5. The highest BCUT2D eigenvalue weighted by molar-refractivity contribution is 7.15. The number of pyridine rings is 1. The molecule has 1 N–H and O–H groups in total. The lowest BCUT2D eigenvalue weighted by Gasteiger charge is -2.11. The summed E-state index contributed by atoms with van der Waals surface area (Å²) in [5.41, 5.74) is -0.113. The van der Waals surface area contributed by atoms with Gasteiger partial charge in [-0.1, -0.05) is 25.2 Å². The number of hydrogen-bond donors (Lipinski definition) is 1. The molecule has 124 valence electrons. The first-order chi connectivity index (χ1) is 10.8. The summed E-state index contributed by atoms with van der Waals surface area (Å²) in [4.78, 5) is 15.8. The zero-order valence-corrected chi connectivity index (χ0v) is 13.0. The quantitative estimate of drug-likeness (QED) is 0.899. The predicted octanol–water partition coefficient (Wildman–Crippen LogP) is 3.25. The van der Waals surface area contributed by atoms with Crippen LogP contribution in [0.4, 0.5) is 18.3 Å². The normalized spacial score (nSPS) is 11.6. The number of alkyl halides is 3. The Bertz CT molecular complexity index is 688. The van der Waals surface area contributed by atoms with E-state index in [1.807, 2.05) is 13.8 Å². The standard InChI is InChI=1S/C13H13F3N4O2S/c1-7(2)11-19-20-12(23-11)18-9(21)8-4-3-5-17-10(8)22-6-13(14,15)16/h3-5,7H,6H2,1-2H3,(H,18,20,21). The SMILES string of the molecule is CC(C)c1nnc(NC(=O)c2cccnc2OCC(F)(F)F)s1. The Morgan fingerprint density at radius 3 is 2.74 bits per heavy atom. The van der Waals surface area contributed by atoms with Gasteiger partial charge in [-0.15, -0.1) is 10.2 Å². The highest BCUT2D eigenvalue weighted by Crippen LogP contribution is 2.24. The van der Waals surface area contributed by atoms with E-state index in [1.54, 1.807) is 0 Å². The smallest absolute Gasteiger partial charge is 0.422 e. The van der Waals surface area contributed by atoms with Gasteiger partial charge in [0.1, 0.15) is 10.6 Å². The van der Waals surface area contributed by atoms with Gasteiger partial charge in [0.05, 0.1) is 0 Å². The molecule has 0 saturated heterocycles. The average molecular weight is 346 g/mol. The zero-order chi connectivity index (χ0) is 17.0. The van der Waals surface area contributed by atoms with Crippen LogP contribution < -0.4 is 10.1 Å². The van der Waals surface area contributed by atoms with Crippen LogP contribution in [-0.2, 0) is 0 Å². The lowest BCUT2D eigenvalue weighted by molar-refractivity contribution is -0.154. The molecule has 0 unspecified atom stereocenters. The molecule has 6 nitrogen and oxygen atoms in total. The maximum atomic E-state index is 12.2. The number of carbonyl (C=O) groups is 1. The Labute approximate surface area is 133 Å². The van der Waals surface area contributed by atoms with Gasteiger partial charge in [-0.25, -0.2) is 4.98 Å². The third-order valence-electron chi connectivity index (χ3n) is 2.54. The Morgan fingerprint density at radius 2 is 2.13 bits per heavy atom. The van der Waals surface area contributed by atoms with Crippen LogP contribution in [0.1, 0.15) is 35.1 Å². The highest BCUT2D eigenvalue weighted by atomic mass is 32.1. The molecule has 0 fully saturated rings. The molecule has 0 aliphatic carbocycles. The van der Waals surface area contributed by atoms with Crippen molar-refractivity contribution in [2.24, 2.45) is 0 Å². The molecule has 23 heavy (non-hydrogen) atoms. The minimum Gasteiger partial charge on any atom is -0.467 e. The molecule has 10 heteroatoms. The fourth-order valence-corrected chi connectivity index (χ4v) is 2.25. The molecular weight excluding hydrogens is 333 g/mol. The first-order valence-electron chi connectivity index (χ1n) is 6.55. The maximum absolute atomic E-state index is 12.2.